The van der Waals surface area contributed by atoms with Crippen LogP contribution in [0.25, 0.3) is 6.08 Å². The highest BCUT2D eigenvalue weighted by molar-refractivity contribution is 5.78. The number of pyridine rings is 1. The summed E-state index contributed by atoms with van der Waals surface area (Å²) in [7, 11) is 0. The third-order valence-electron chi connectivity index (χ3n) is 3.03. The zero-order valence-electron chi connectivity index (χ0n) is 11.9. The zero-order chi connectivity index (χ0) is 15.2. The van der Waals surface area contributed by atoms with Gasteiger partial charge in [-0.15, -0.1) is 0 Å². The van der Waals surface area contributed by atoms with Crippen LogP contribution in [0.2, 0.25) is 0 Å². The molecule has 1 heterocycles. The Bertz CT molecular complexity index is 793. The van der Waals surface area contributed by atoms with Gasteiger partial charge in [0.05, 0.1) is 0 Å². The van der Waals surface area contributed by atoms with Gasteiger partial charge in [0.25, 0.3) is 5.56 Å². The summed E-state index contributed by atoms with van der Waals surface area (Å²) in [5.74, 6) is 0. The number of allylic oxidation sites excluding steroid dienone is 1. The number of aryl methyl sites for hydroxylation is 2. The van der Waals surface area contributed by atoms with Crippen molar-refractivity contribution in [3.63, 3.8) is 0 Å². The summed E-state index contributed by atoms with van der Waals surface area (Å²) in [6.45, 7) is 3.53. The Hall–Kier alpha value is -2.93. The van der Waals surface area contributed by atoms with Gasteiger partial charge in [0.2, 0.25) is 0 Å². The third kappa shape index (κ3) is 3.34. The van der Waals surface area contributed by atoms with E-state index in [4.69, 9.17) is 5.26 Å². The van der Waals surface area contributed by atoms with Crippen molar-refractivity contribution >= 4 is 12.3 Å². The van der Waals surface area contributed by atoms with Crippen molar-refractivity contribution in [3.8, 4) is 6.07 Å². The number of hydrogen-bond donors (Lipinski definition) is 0. The summed E-state index contributed by atoms with van der Waals surface area (Å²) in [5, 5.41) is 13.1. The summed E-state index contributed by atoms with van der Waals surface area (Å²) in [6, 6.07) is 13.5. The van der Waals surface area contributed by atoms with E-state index in [1.54, 1.807) is 26.0 Å². The fourth-order valence-corrected chi connectivity index (χ4v) is 1.98. The highest BCUT2D eigenvalue weighted by atomic mass is 16.1. The zero-order valence-corrected chi connectivity index (χ0v) is 11.9. The molecular formula is C17H15N3O. The van der Waals surface area contributed by atoms with Crippen LogP contribution in [0.3, 0.4) is 0 Å². The lowest BCUT2D eigenvalue weighted by Gasteiger charge is -2.05. The quantitative estimate of drug-likeness (QED) is 0.810. The second-order valence-corrected chi connectivity index (χ2v) is 4.61. The molecule has 0 aliphatic heterocycles. The Morgan fingerprint density at radius 2 is 1.95 bits per heavy atom. The Morgan fingerprint density at radius 1 is 1.24 bits per heavy atom. The molecule has 0 N–H and O–H groups in total. The van der Waals surface area contributed by atoms with E-state index in [0.717, 1.165) is 5.56 Å². The second kappa shape index (κ2) is 6.49. The van der Waals surface area contributed by atoms with E-state index in [0.29, 0.717) is 11.3 Å². The Kier molecular flexibility index (Phi) is 4.47. The van der Waals surface area contributed by atoms with Crippen LogP contribution in [0.4, 0.5) is 0 Å². The van der Waals surface area contributed by atoms with Crippen LogP contribution in [-0.4, -0.2) is 10.9 Å². The molecule has 0 saturated heterocycles. The van der Waals surface area contributed by atoms with E-state index in [9.17, 15) is 4.79 Å². The van der Waals surface area contributed by atoms with Gasteiger partial charge in [-0.3, -0.25) is 4.79 Å². The lowest BCUT2D eigenvalue weighted by molar-refractivity contribution is 0.787. The largest absolute Gasteiger partial charge is 0.289 e. The minimum Gasteiger partial charge on any atom is -0.266 e. The van der Waals surface area contributed by atoms with E-state index < -0.39 is 0 Å². The van der Waals surface area contributed by atoms with Gasteiger partial charge in [0, 0.05) is 11.9 Å². The molecule has 0 unspecified atom stereocenters. The molecule has 0 atom stereocenters. The second-order valence-electron chi connectivity index (χ2n) is 4.61. The van der Waals surface area contributed by atoms with Crippen LogP contribution in [0, 0.1) is 25.2 Å². The average molecular weight is 277 g/mol. The minimum absolute atomic E-state index is 0.129. The normalized spacial score (nSPS) is 11.1. The van der Waals surface area contributed by atoms with E-state index in [-0.39, 0.29) is 11.1 Å². The molecule has 0 radical (unpaired) electrons. The molecule has 4 nitrogen and oxygen atoms in total. The van der Waals surface area contributed by atoms with Crippen molar-refractivity contribution in [2.45, 2.75) is 13.8 Å². The number of nitriles is 1. The Balaban J connectivity index is 2.29. The van der Waals surface area contributed by atoms with Gasteiger partial charge in [-0.25, -0.2) is 4.68 Å². The monoisotopic (exact) mass is 277 g/mol. The molecule has 21 heavy (non-hydrogen) atoms. The smallest absolute Gasteiger partial charge is 0.266 e. The molecule has 0 aliphatic carbocycles. The maximum Gasteiger partial charge on any atom is 0.289 e. The molecule has 2 aromatic rings. The molecule has 4 heteroatoms. The maximum absolute atomic E-state index is 12.1. The number of nitrogens with zero attached hydrogens (tertiary/aromatic N) is 3. The third-order valence-corrected chi connectivity index (χ3v) is 3.03. The summed E-state index contributed by atoms with van der Waals surface area (Å²) in [6.07, 6.45) is 5.19. The highest BCUT2D eigenvalue weighted by Gasteiger charge is 2.08. The van der Waals surface area contributed by atoms with E-state index in [1.165, 1.54) is 10.9 Å². The van der Waals surface area contributed by atoms with Crippen molar-refractivity contribution in [2.24, 2.45) is 5.10 Å². The van der Waals surface area contributed by atoms with Crippen molar-refractivity contribution in [1.29, 1.82) is 5.26 Å². The molecule has 0 bridgehead atoms. The van der Waals surface area contributed by atoms with Gasteiger partial charge >= 0.3 is 0 Å². The fraction of sp³-hybridized carbons (Fsp3) is 0.118. The first-order valence-corrected chi connectivity index (χ1v) is 6.53. The van der Waals surface area contributed by atoms with E-state index >= 15 is 0 Å². The predicted octanol–water partition coefficient (Wildman–Crippen LogP) is 2.88. The predicted molar refractivity (Wildman–Crippen MR) is 84.3 cm³/mol. The summed E-state index contributed by atoms with van der Waals surface area (Å²) < 4.78 is 1.24. The Morgan fingerprint density at radius 3 is 2.62 bits per heavy atom. The van der Waals surface area contributed by atoms with Crippen LogP contribution in [0.1, 0.15) is 22.4 Å². The van der Waals surface area contributed by atoms with Crippen LogP contribution < -0.4 is 5.56 Å². The van der Waals surface area contributed by atoms with Gasteiger partial charge < -0.3 is 0 Å². The molecule has 104 valence electrons. The molecule has 0 amide bonds. The van der Waals surface area contributed by atoms with Crippen molar-refractivity contribution in [1.82, 2.24) is 4.68 Å². The van der Waals surface area contributed by atoms with Crippen molar-refractivity contribution < 1.29 is 0 Å². The summed E-state index contributed by atoms with van der Waals surface area (Å²) in [4.78, 5) is 12.1. The first-order chi connectivity index (χ1) is 10.1. The first kappa shape index (κ1) is 14.5. The number of benzene rings is 1. The maximum atomic E-state index is 12.1. The standard InChI is InChI=1S/C17H15N3O/c1-13-11-14(2)20(17(21)16(13)12-18)19-10-6-9-15-7-4-3-5-8-15/h3-11H,1-2H3/b9-6-,19-10-. The van der Waals surface area contributed by atoms with Gasteiger partial charge in [0.1, 0.15) is 11.6 Å². The molecule has 0 aliphatic rings. The van der Waals surface area contributed by atoms with Crippen LogP contribution in [0.15, 0.2) is 52.4 Å². The highest BCUT2D eigenvalue weighted by Crippen LogP contribution is 2.05. The van der Waals surface area contributed by atoms with Gasteiger partial charge in [-0.1, -0.05) is 36.4 Å². The van der Waals surface area contributed by atoms with Crippen LogP contribution in [-0.2, 0) is 0 Å². The minimum atomic E-state index is -0.389. The SMILES string of the molecule is Cc1cc(C)n(/N=C\C=C/c2ccccc2)c(=O)c1C#N. The van der Waals surface area contributed by atoms with Gasteiger partial charge in [-0.2, -0.15) is 10.4 Å². The first-order valence-electron chi connectivity index (χ1n) is 6.53. The lowest BCUT2D eigenvalue weighted by atomic mass is 10.1. The summed E-state index contributed by atoms with van der Waals surface area (Å²) in [5.41, 5.74) is 2.16. The van der Waals surface area contributed by atoms with Crippen molar-refractivity contribution in [2.75, 3.05) is 0 Å². The lowest BCUT2D eigenvalue weighted by Crippen LogP contribution is -2.22. The fourth-order valence-electron chi connectivity index (χ4n) is 1.98. The average Bonchev–Trinajstić information content (AvgIpc) is 2.47. The number of rotatable bonds is 3. The van der Waals surface area contributed by atoms with Gasteiger partial charge in [0.15, 0.2) is 0 Å². The number of hydrogen-bond acceptors (Lipinski definition) is 3. The molecule has 0 spiro atoms. The number of aromatic nitrogens is 1. The van der Waals surface area contributed by atoms with Gasteiger partial charge in [-0.05, 0) is 37.1 Å². The molecule has 0 fully saturated rings. The van der Waals surface area contributed by atoms with Crippen LogP contribution >= 0.6 is 0 Å². The molecule has 0 saturated carbocycles. The summed E-state index contributed by atoms with van der Waals surface area (Å²) >= 11 is 0. The van der Waals surface area contributed by atoms with Crippen LogP contribution in [0.5, 0.6) is 0 Å². The molecule has 2 rings (SSSR count). The molecular weight excluding hydrogens is 262 g/mol. The van der Waals surface area contributed by atoms with E-state index in [2.05, 4.69) is 5.10 Å². The molecule has 1 aromatic carbocycles. The van der Waals surface area contributed by atoms with E-state index in [1.807, 2.05) is 42.5 Å². The molecule has 1 aromatic heterocycles. The van der Waals surface area contributed by atoms with Crippen molar-refractivity contribution in [3.05, 3.63) is 75.2 Å². The topological polar surface area (TPSA) is 58.1 Å². The Labute approximate surface area is 123 Å².